The minimum Gasteiger partial charge on any atom is -0.256 e. The van der Waals surface area contributed by atoms with Crippen LogP contribution < -0.4 is 0 Å². The lowest BCUT2D eigenvalue weighted by molar-refractivity contribution is 1.33. The summed E-state index contributed by atoms with van der Waals surface area (Å²) in [6, 6.07) is 20.7. The van der Waals surface area contributed by atoms with Gasteiger partial charge < -0.3 is 0 Å². The molecule has 0 N–H and O–H groups in total. The molecule has 0 aliphatic carbocycles. The van der Waals surface area contributed by atoms with Crippen molar-refractivity contribution in [2.75, 3.05) is 0 Å². The summed E-state index contributed by atoms with van der Waals surface area (Å²) in [5, 5.41) is 2.51. The van der Waals surface area contributed by atoms with E-state index in [1.165, 1.54) is 16.3 Å². The van der Waals surface area contributed by atoms with Gasteiger partial charge in [0, 0.05) is 11.8 Å². The van der Waals surface area contributed by atoms with E-state index < -0.39 is 0 Å². The highest BCUT2D eigenvalue weighted by Gasteiger charge is 2.02. The van der Waals surface area contributed by atoms with E-state index in [2.05, 4.69) is 47.4 Å². The molecule has 0 fully saturated rings. The molecular weight excluding hydrogens is 230 g/mol. The van der Waals surface area contributed by atoms with E-state index in [1.807, 2.05) is 24.4 Å². The average Bonchev–Trinajstić information content (AvgIpc) is 2.39. The van der Waals surface area contributed by atoms with Crippen LogP contribution in [0.1, 0.15) is 0 Å². The van der Waals surface area contributed by atoms with Crippen LogP contribution in [0.15, 0.2) is 66.9 Å². The maximum atomic E-state index is 4.40. The van der Waals surface area contributed by atoms with Gasteiger partial charge in [0.15, 0.2) is 0 Å². The molecule has 0 amide bonds. The lowest BCUT2D eigenvalue weighted by Gasteiger charge is -2.05. The van der Waals surface area contributed by atoms with Crippen molar-refractivity contribution in [3.8, 4) is 11.3 Å². The normalized spacial score (nSPS) is 9.88. The number of benzene rings is 2. The van der Waals surface area contributed by atoms with E-state index in [-0.39, 0.29) is 12.4 Å². The average molecular weight is 242 g/mol. The second-order valence-electron chi connectivity index (χ2n) is 3.74. The Morgan fingerprint density at radius 3 is 2.29 bits per heavy atom. The summed E-state index contributed by atoms with van der Waals surface area (Å²) in [5.41, 5.74) is 2.22. The van der Waals surface area contributed by atoms with Crippen LogP contribution in [-0.4, -0.2) is 4.98 Å². The van der Waals surface area contributed by atoms with Crippen molar-refractivity contribution in [3.63, 3.8) is 0 Å². The maximum absolute atomic E-state index is 4.40. The number of rotatable bonds is 1. The molecule has 0 unspecified atom stereocenters. The molecule has 0 atom stereocenters. The SMILES string of the molecule is Cl.c1ccc(-c2cccc3ccccc23)nc1. The van der Waals surface area contributed by atoms with E-state index in [9.17, 15) is 0 Å². The van der Waals surface area contributed by atoms with Gasteiger partial charge in [0.05, 0.1) is 5.69 Å². The van der Waals surface area contributed by atoms with Gasteiger partial charge in [-0.1, -0.05) is 48.5 Å². The fourth-order valence-electron chi connectivity index (χ4n) is 1.97. The van der Waals surface area contributed by atoms with E-state index in [0.29, 0.717) is 0 Å². The van der Waals surface area contributed by atoms with Crippen LogP contribution in [0.5, 0.6) is 0 Å². The molecule has 0 bridgehead atoms. The number of aromatic nitrogens is 1. The van der Waals surface area contributed by atoms with Crippen LogP contribution in [0.25, 0.3) is 22.0 Å². The molecule has 2 heteroatoms. The minimum absolute atomic E-state index is 0. The number of halogens is 1. The first-order valence-electron chi connectivity index (χ1n) is 5.34. The number of nitrogens with zero attached hydrogens (tertiary/aromatic N) is 1. The topological polar surface area (TPSA) is 12.9 Å². The molecule has 1 aromatic heterocycles. The summed E-state index contributed by atoms with van der Waals surface area (Å²) < 4.78 is 0. The number of hydrogen-bond donors (Lipinski definition) is 0. The summed E-state index contributed by atoms with van der Waals surface area (Å²) in [5.74, 6) is 0. The van der Waals surface area contributed by atoms with Crippen LogP contribution in [-0.2, 0) is 0 Å². The van der Waals surface area contributed by atoms with Gasteiger partial charge in [-0.15, -0.1) is 12.4 Å². The van der Waals surface area contributed by atoms with Crippen molar-refractivity contribution in [1.82, 2.24) is 4.98 Å². The second-order valence-corrected chi connectivity index (χ2v) is 3.74. The van der Waals surface area contributed by atoms with Crippen molar-refractivity contribution < 1.29 is 0 Å². The van der Waals surface area contributed by atoms with E-state index >= 15 is 0 Å². The summed E-state index contributed by atoms with van der Waals surface area (Å²) in [6.07, 6.45) is 1.83. The molecule has 3 aromatic rings. The quantitative estimate of drug-likeness (QED) is 0.618. The Bertz CT molecular complexity index is 615. The molecule has 0 saturated carbocycles. The maximum Gasteiger partial charge on any atom is 0.0708 e. The zero-order valence-electron chi connectivity index (χ0n) is 9.21. The van der Waals surface area contributed by atoms with Crippen molar-refractivity contribution in [1.29, 1.82) is 0 Å². The van der Waals surface area contributed by atoms with Crippen LogP contribution in [0, 0.1) is 0 Å². The van der Waals surface area contributed by atoms with Gasteiger partial charge in [-0.25, -0.2) is 0 Å². The zero-order valence-corrected chi connectivity index (χ0v) is 10.0. The van der Waals surface area contributed by atoms with Crippen LogP contribution in [0.2, 0.25) is 0 Å². The first-order chi connectivity index (χ1) is 7.95. The first-order valence-corrected chi connectivity index (χ1v) is 5.34. The van der Waals surface area contributed by atoms with Crippen molar-refractivity contribution in [2.24, 2.45) is 0 Å². The third kappa shape index (κ3) is 2.15. The molecule has 84 valence electrons. The highest BCUT2D eigenvalue weighted by Crippen LogP contribution is 2.26. The smallest absolute Gasteiger partial charge is 0.0708 e. The van der Waals surface area contributed by atoms with Crippen LogP contribution in [0.4, 0.5) is 0 Å². The largest absolute Gasteiger partial charge is 0.256 e. The van der Waals surface area contributed by atoms with Crippen LogP contribution in [0.3, 0.4) is 0 Å². The standard InChI is InChI=1S/C15H11N.ClH/c1-2-8-13-12(6-1)7-5-9-14(13)15-10-3-4-11-16-15;/h1-11H;1H. The Kier molecular flexibility index (Phi) is 3.40. The lowest BCUT2D eigenvalue weighted by Crippen LogP contribution is -1.83. The molecular formula is C15H12ClN. The predicted octanol–water partition coefficient (Wildman–Crippen LogP) is 4.32. The van der Waals surface area contributed by atoms with Gasteiger partial charge in [-0.3, -0.25) is 4.98 Å². The Morgan fingerprint density at radius 1 is 0.706 bits per heavy atom. The van der Waals surface area contributed by atoms with Gasteiger partial charge in [0.25, 0.3) is 0 Å². The van der Waals surface area contributed by atoms with Gasteiger partial charge in [0.1, 0.15) is 0 Å². The summed E-state index contributed by atoms with van der Waals surface area (Å²) in [6.45, 7) is 0. The van der Waals surface area contributed by atoms with E-state index in [0.717, 1.165) is 5.69 Å². The van der Waals surface area contributed by atoms with Crippen molar-refractivity contribution in [3.05, 3.63) is 66.9 Å². The molecule has 2 aromatic carbocycles. The van der Waals surface area contributed by atoms with Gasteiger partial charge in [-0.2, -0.15) is 0 Å². The third-order valence-corrected chi connectivity index (χ3v) is 2.73. The summed E-state index contributed by atoms with van der Waals surface area (Å²) in [4.78, 5) is 4.40. The summed E-state index contributed by atoms with van der Waals surface area (Å²) in [7, 11) is 0. The monoisotopic (exact) mass is 241 g/mol. The van der Waals surface area contributed by atoms with Crippen molar-refractivity contribution in [2.45, 2.75) is 0 Å². The molecule has 0 saturated heterocycles. The lowest BCUT2D eigenvalue weighted by atomic mass is 10.0. The number of hydrogen-bond acceptors (Lipinski definition) is 1. The molecule has 0 aliphatic heterocycles. The van der Waals surface area contributed by atoms with Crippen LogP contribution >= 0.6 is 12.4 Å². The predicted molar refractivity (Wildman–Crippen MR) is 74.4 cm³/mol. The third-order valence-electron chi connectivity index (χ3n) is 2.73. The fraction of sp³-hybridized carbons (Fsp3) is 0. The highest BCUT2D eigenvalue weighted by molar-refractivity contribution is 5.95. The van der Waals surface area contributed by atoms with E-state index in [4.69, 9.17) is 0 Å². The second kappa shape index (κ2) is 4.98. The van der Waals surface area contributed by atoms with Gasteiger partial charge in [0.2, 0.25) is 0 Å². The fourth-order valence-corrected chi connectivity index (χ4v) is 1.97. The van der Waals surface area contributed by atoms with Gasteiger partial charge in [-0.05, 0) is 22.9 Å². The van der Waals surface area contributed by atoms with Crippen molar-refractivity contribution >= 4 is 23.2 Å². The number of pyridine rings is 1. The number of fused-ring (bicyclic) bond motifs is 1. The molecule has 0 radical (unpaired) electrons. The van der Waals surface area contributed by atoms with E-state index in [1.54, 1.807) is 0 Å². The highest BCUT2D eigenvalue weighted by atomic mass is 35.5. The first kappa shape index (κ1) is 11.6. The molecule has 17 heavy (non-hydrogen) atoms. The molecule has 0 spiro atoms. The Labute approximate surface area is 107 Å². The van der Waals surface area contributed by atoms with Gasteiger partial charge >= 0.3 is 0 Å². The molecule has 3 rings (SSSR count). The molecule has 1 heterocycles. The Hall–Kier alpha value is -1.86. The molecule has 1 nitrogen and oxygen atoms in total. The Balaban J connectivity index is 0.00000108. The zero-order chi connectivity index (χ0) is 10.8. The summed E-state index contributed by atoms with van der Waals surface area (Å²) >= 11 is 0. The Morgan fingerprint density at radius 2 is 1.47 bits per heavy atom. The minimum atomic E-state index is 0. The molecule has 0 aliphatic rings.